The number of aromatic nitrogens is 1. The van der Waals surface area contributed by atoms with E-state index in [9.17, 15) is 9.90 Å². The minimum atomic E-state index is -0.691. The second-order valence-electron chi connectivity index (χ2n) is 7.67. The van der Waals surface area contributed by atoms with Crippen molar-refractivity contribution < 1.29 is 19.2 Å². The van der Waals surface area contributed by atoms with E-state index in [1.165, 1.54) is 0 Å². The lowest BCUT2D eigenvalue weighted by Crippen LogP contribution is -2.56. The highest BCUT2D eigenvalue weighted by atomic mass is 16.5. The highest BCUT2D eigenvalue weighted by Crippen LogP contribution is 2.41. The molecule has 24 heavy (non-hydrogen) atoms. The van der Waals surface area contributed by atoms with Crippen LogP contribution in [0.4, 0.5) is 0 Å². The first kappa shape index (κ1) is 16.1. The summed E-state index contributed by atoms with van der Waals surface area (Å²) in [5.74, 6) is 1.53. The molecule has 1 aromatic heterocycles. The molecule has 1 amide bonds. The van der Waals surface area contributed by atoms with Gasteiger partial charge in [0.05, 0.1) is 5.60 Å². The molecule has 1 aromatic rings. The third-order valence-electron chi connectivity index (χ3n) is 6.07. The second kappa shape index (κ2) is 6.15. The van der Waals surface area contributed by atoms with Gasteiger partial charge in [0.15, 0.2) is 5.69 Å². The molecule has 1 aliphatic carbocycles. The van der Waals surface area contributed by atoms with Crippen LogP contribution in [0.15, 0.2) is 10.6 Å². The first-order chi connectivity index (χ1) is 11.6. The largest absolute Gasteiger partial charge is 0.389 e. The van der Waals surface area contributed by atoms with Gasteiger partial charge in [-0.05, 0) is 38.0 Å². The number of aliphatic hydroxyl groups is 1. The zero-order valence-electron chi connectivity index (χ0n) is 14.2. The standard InChI is InChI=1S/C18H26N2O4/c1-12-11-20(7-6-18(12,22)14-4-8-23-9-5-14)17(21)15-10-16(24-19-15)13-2-3-13/h10,12-14,22H,2-9,11H2,1H3/t12-,18+/m1/s1. The normalized spacial score (nSPS) is 32.1. The first-order valence-electron chi connectivity index (χ1n) is 9.14. The monoisotopic (exact) mass is 334 g/mol. The van der Waals surface area contributed by atoms with Gasteiger partial charge < -0.3 is 19.3 Å². The minimum Gasteiger partial charge on any atom is -0.389 e. The van der Waals surface area contributed by atoms with Crippen molar-refractivity contribution in [3.8, 4) is 0 Å². The Morgan fingerprint density at radius 2 is 2.08 bits per heavy atom. The second-order valence-corrected chi connectivity index (χ2v) is 7.67. The molecule has 1 saturated carbocycles. The highest BCUT2D eigenvalue weighted by Gasteiger charge is 2.46. The van der Waals surface area contributed by atoms with E-state index in [0.29, 0.717) is 31.1 Å². The van der Waals surface area contributed by atoms with Crippen molar-refractivity contribution >= 4 is 5.91 Å². The number of amides is 1. The predicted octanol–water partition coefficient (Wildman–Crippen LogP) is 2.19. The van der Waals surface area contributed by atoms with Gasteiger partial charge in [-0.25, -0.2) is 0 Å². The maximum atomic E-state index is 12.7. The Morgan fingerprint density at radius 3 is 2.75 bits per heavy atom. The number of hydrogen-bond donors (Lipinski definition) is 1. The summed E-state index contributed by atoms with van der Waals surface area (Å²) < 4.78 is 10.7. The van der Waals surface area contributed by atoms with Crippen molar-refractivity contribution in [3.63, 3.8) is 0 Å². The van der Waals surface area contributed by atoms with Crippen LogP contribution in [0.5, 0.6) is 0 Å². The van der Waals surface area contributed by atoms with E-state index >= 15 is 0 Å². The van der Waals surface area contributed by atoms with Gasteiger partial charge >= 0.3 is 0 Å². The fourth-order valence-corrected chi connectivity index (χ4v) is 4.24. The smallest absolute Gasteiger partial charge is 0.276 e. The summed E-state index contributed by atoms with van der Waals surface area (Å²) >= 11 is 0. The van der Waals surface area contributed by atoms with Crippen molar-refractivity contribution in [1.29, 1.82) is 0 Å². The third kappa shape index (κ3) is 2.86. The number of carbonyl (C=O) groups is 1. The van der Waals surface area contributed by atoms with E-state index in [-0.39, 0.29) is 17.7 Å². The van der Waals surface area contributed by atoms with Crippen LogP contribution in [0.1, 0.15) is 61.2 Å². The Hall–Kier alpha value is -1.40. The van der Waals surface area contributed by atoms with Crippen molar-refractivity contribution in [2.24, 2.45) is 11.8 Å². The van der Waals surface area contributed by atoms with Crippen LogP contribution in [0.2, 0.25) is 0 Å². The molecular weight excluding hydrogens is 308 g/mol. The summed E-state index contributed by atoms with van der Waals surface area (Å²) in [7, 11) is 0. The van der Waals surface area contributed by atoms with Crippen LogP contribution in [-0.2, 0) is 4.74 Å². The van der Waals surface area contributed by atoms with E-state index in [0.717, 1.165) is 44.7 Å². The number of hydrogen-bond acceptors (Lipinski definition) is 5. The van der Waals surface area contributed by atoms with E-state index in [1.807, 2.05) is 11.8 Å². The summed E-state index contributed by atoms with van der Waals surface area (Å²) in [6, 6.07) is 1.80. The van der Waals surface area contributed by atoms with Gasteiger partial charge in [0.2, 0.25) is 0 Å². The van der Waals surface area contributed by atoms with Gasteiger partial charge in [0.25, 0.3) is 5.91 Å². The molecular formula is C18H26N2O4. The molecule has 2 atom stereocenters. The lowest BCUT2D eigenvalue weighted by Gasteiger charge is -2.48. The molecule has 2 aliphatic heterocycles. The molecule has 0 aromatic carbocycles. The van der Waals surface area contributed by atoms with Crippen LogP contribution in [0.25, 0.3) is 0 Å². The van der Waals surface area contributed by atoms with E-state index in [2.05, 4.69) is 5.16 Å². The first-order valence-corrected chi connectivity index (χ1v) is 9.14. The maximum absolute atomic E-state index is 12.7. The van der Waals surface area contributed by atoms with Crippen molar-refractivity contribution in [2.75, 3.05) is 26.3 Å². The van der Waals surface area contributed by atoms with Crippen LogP contribution in [0, 0.1) is 11.8 Å². The van der Waals surface area contributed by atoms with Gasteiger partial charge in [0.1, 0.15) is 5.76 Å². The molecule has 132 valence electrons. The number of piperidine rings is 1. The van der Waals surface area contributed by atoms with Gasteiger partial charge in [0, 0.05) is 44.2 Å². The molecule has 0 spiro atoms. The molecule has 4 rings (SSSR count). The Kier molecular flexibility index (Phi) is 4.12. The van der Waals surface area contributed by atoms with Crippen LogP contribution >= 0.6 is 0 Å². The zero-order valence-corrected chi connectivity index (χ0v) is 14.2. The molecule has 3 heterocycles. The molecule has 6 nitrogen and oxygen atoms in total. The summed E-state index contributed by atoms with van der Waals surface area (Å²) in [4.78, 5) is 14.5. The van der Waals surface area contributed by atoms with E-state index in [1.54, 1.807) is 6.07 Å². The van der Waals surface area contributed by atoms with Crippen molar-refractivity contribution in [3.05, 3.63) is 17.5 Å². The summed E-state index contributed by atoms with van der Waals surface area (Å²) in [5.41, 5.74) is -0.288. The molecule has 6 heteroatoms. The number of likely N-dealkylation sites (tertiary alicyclic amines) is 1. The summed E-state index contributed by atoms with van der Waals surface area (Å²) in [6.07, 6.45) is 4.69. The fourth-order valence-electron chi connectivity index (χ4n) is 4.24. The van der Waals surface area contributed by atoms with Crippen molar-refractivity contribution in [2.45, 2.75) is 50.5 Å². The van der Waals surface area contributed by atoms with E-state index in [4.69, 9.17) is 9.26 Å². The van der Waals surface area contributed by atoms with Gasteiger partial charge in [-0.2, -0.15) is 0 Å². The maximum Gasteiger partial charge on any atom is 0.276 e. The number of carbonyl (C=O) groups excluding carboxylic acids is 1. The molecule has 0 unspecified atom stereocenters. The molecule has 3 aliphatic rings. The van der Waals surface area contributed by atoms with Crippen LogP contribution in [-0.4, -0.2) is 53.0 Å². The van der Waals surface area contributed by atoms with Crippen LogP contribution < -0.4 is 0 Å². The van der Waals surface area contributed by atoms with Gasteiger partial charge in [-0.15, -0.1) is 0 Å². The highest BCUT2D eigenvalue weighted by molar-refractivity contribution is 5.92. The minimum absolute atomic E-state index is 0.0492. The quantitative estimate of drug-likeness (QED) is 0.917. The summed E-state index contributed by atoms with van der Waals surface area (Å²) in [5, 5.41) is 15.2. The lowest BCUT2D eigenvalue weighted by atomic mass is 9.70. The van der Waals surface area contributed by atoms with E-state index < -0.39 is 5.60 Å². The topological polar surface area (TPSA) is 75.8 Å². The SMILES string of the molecule is C[C@@H]1CN(C(=O)c2cc(C3CC3)on2)CC[C@@]1(O)C1CCOCC1. The lowest BCUT2D eigenvalue weighted by molar-refractivity contribution is -0.125. The average molecular weight is 334 g/mol. The predicted molar refractivity (Wildman–Crippen MR) is 86.7 cm³/mol. The molecule has 3 fully saturated rings. The summed E-state index contributed by atoms with van der Waals surface area (Å²) in [6.45, 7) is 4.64. The molecule has 0 radical (unpaired) electrons. The van der Waals surface area contributed by atoms with Crippen LogP contribution in [0.3, 0.4) is 0 Å². The van der Waals surface area contributed by atoms with Gasteiger partial charge in [-0.3, -0.25) is 4.79 Å². The van der Waals surface area contributed by atoms with Gasteiger partial charge in [-0.1, -0.05) is 12.1 Å². The average Bonchev–Trinajstić information content (AvgIpc) is 3.34. The number of nitrogens with zero attached hydrogens (tertiary/aromatic N) is 2. The Bertz CT molecular complexity index is 606. The fraction of sp³-hybridized carbons (Fsp3) is 0.778. The number of ether oxygens (including phenoxy) is 1. The number of rotatable bonds is 3. The Balaban J connectivity index is 1.42. The van der Waals surface area contributed by atoms with Crippen molar-refractivity contribution in [1.82, 2.24) is 10.1 Å². The Labute approximate surface area is 142 Å². The molecule has 0 bridgehead atoms. The third-order valence-corrected chi connectivity index (χ3v) is 6.07. The zero-order chi connectivity index (χ0) is 16.7. The molecule has 1 N–H and O–H groups in total. The Morgan fingerprint density at radius 1 is 1.33 bits per heavy atom. The molecule has 2 saturated heterocycles.